The van der Waals surface area contributed by atoms with Crippen LogP contribution in [0.15, 0.2) is 12.1 Å². The number of hydrogen-bond acceptors (Lipinski definition) is 4. The monoisotopic (exact) mass is 243 g/mol. The van der Waals surface area contributed by atoms with Crippen molar-refractivity contribution in [1.29, 1.82) is 0 Å². The highest BCUT2D eigenvalue weighted by atomic mass is 35.5. The number of hydrogen-bond donors (Lipinski definition) is 0. The Hall–Kier alpha value is -1.49. The Kier molecular flexibility index (Phi) is 2.87. The summed E-state index contributed by atoms with van der Waals surface area (Å²) < 4.78 is 10.9. The highest BCUT2D eigenvalue weighted by molar-refractivity contribution is 6.32. The van der Waals surface area contributed by atoms with Crippen LogP contribution in [0, 0.1) is 10.1 Å². The van der Waals surface area contributed by atoms with E-state index in [1.807, 2.05) is 6.92 Å². The maximum Gasteiger partial charge on any atom is 0.291 e. The zero-order chi connectivity index (χ0) is 11.7. The van der Waals surface area contributed by atoms with Crippen LogP contribution in [-0.4, -0.2) is 17.6 Å². The summed E-state index contributed by atoms with van der Waals surface area (Å²) in [6, 6.07) is 2.72. The molecule has 1 aliphatic rings. The van der Waals surface area contributed by atoms with Crippen LogP contribution in [0.5, 0.6) is 11.5 Å². The topological polar surface area (TPSA) is 61.6 Å². The second kappa shape index (κ2) is 4.17. The van der Waals surface area contributed by atoms with Crippen LogP contribution in [0.4, 0.5) is 5.69 Å². The molecular weight excluding hydrogens is 234 g/mol. The normalized spacial score (nSPS) is 18.2. The second-order valence-corrected chi connectivity index (χ2v) is 3.87. The first-order valence-electron chi connectivity index (χ1n) is 4.89. The molecule has 16 heavy (non-hydrogen) atoms. The summed E-state index contributed by atoms with van der Waals surface area (Å²) in [6.45, 7) is 2.38. The van der Waals surface area contributed by atoms with Crippen LogP contribution in [0.25, 0.3) is 0 Å². The Bertz CT molecular complexity index is 435. The fourth-order valence-electron chi connectivity index (χ4n) is 1.47. The van der Waals surface area contributed by atoms with Gasteiger partial charge in [0.15, 0.2) is 11.5 Å². The predicted molar refractivity (Wildman–Crippen MR) is 58.3 cm³/mol. The maximum absolute atomic E-state index is 10.7. The Morgan fingerprint density at radius 2 is 2.31 bits per heavy atom. The average molecular weight is 244 g/mol. The molecule has 0 N–H and O–H groups in total. The van der Waals surface area contributed by atoms with E-state index in [0.29, 0.717) is 18.1 Å². The van der Waals surface area contributed by atoms with E-state index in [1.165, 1.54) is 12.1 Å². The van der Waals surface area contributed by atoms with Gasteiger partial charge in [0.1, 0.15) is 17.7 Å². The van der Waals surface area contributed by atoms with Crippen molar-refractivity contribution in [2.24, 2.45) is 0 Å². The number of nitrogens with zero attached hydrogens (tertiary/aromatic N) is 1. The summed E-state index contributed by atoms with van der Waals surface area (Å²) >= 11 is 5.77. The highest BCUT2D eigenvalue weighted by Gasteiger charge is 2.24. The number of ether oxygens (including phenoxy) is 2. The quantitative estimate of drug-likeness (QED) is 0.592. The van der Waals surface area contributed by atoms with E-state index in [9.17, 15) is 10.1 Å². The van der Waals surface area contributed by atoms with Crippen molar-refractivity contribution in [3.05, 3.63) is 27.3 Å². The van der Waals surface area contributed by atoms with E-state index in [4.69, 9.17) is 21.1 Å². The fourth-order valence-corrected chi connectivity index (χ4v) is 1.69. The molecule has 1 aromatic rings. The van der Waals surface area contributed by atoms with E-state index in [-0.39, 0.29) is 16.8 Å². The van der Waals surface area contributed by atoms with Crippen molar-refractivity contribution in [3.8, 4) is 11.5 Å². The molecule has 0 spiro atoms. The molecule has 0 aliphatic carbocycles. The molecule has 0 saturated heterocycles. The number of nitro benzene ring substituents is 1. The molecule has 0 bridgehead atoms. The van der Waals surface area contributed by atoms with Crippen LogP contribution in [0.1, 0.15) is 13.3 Å². The number of fused-ring (bicyclic) bond motifs is 1. The Morgan fingerprint density at radius 1 is 1.56 bits per heavy atom. The zero-order valence-corrected chi connectivity index (χ0v) is 9.36. The number of halogens is 1. The molecule has 1 aliphatic heterocycles. The summed E-state index contributed by atoms with van der Waals surface area (Å²) in [6.07, 6.45) is 0.790. The summed E-state index contributed by atoms with van der Waals surface area (Å²) in [4.78, 5) is 10.1. The third-order valence-electron chi connectivity index (χ3n) is 2.38. The molecule has 5 nitrogen and oxygen atoms in total. The second-order valence-electron chi connectivity index (χ2n) is 3.47. The first-order valence-corrected chi connectivity index (χ1v) is 5.27. The van der Waals surface area contributed by atoms with Gasteiger partial charge in [0.25, 0.3) is 5.69 Å². The van der Waals surface area contributed by atoms with Gasteiger partial charge >= 0.3 is 0 Å². The van der Waals surface area contributed by atoms with Gasteiger partial charge in [0.2, 0.25) is 0 Å². The van der Waals surface area contributed by atoms with Gasteiger partial charge in [-0.05, 0) is 6.42 Å². The smallest absolute Gasteiger partial charge is 0.291 e. The lowest BCUT2D eigenvalue weighted by Gasteiger charge is -2.25. The van der Waals surface area contributed by atoms with Gasteiger partial charge in [-0.3, -0.25) is 10.1 Å². The van der Waals surface area contributed by atoms with Crippen molar-refractivity contribution in [1.82, 2.24) is 0 Å². The zero-order valence-electron chi connectivity index (χ0n) is 8.60. The molecule has 1 aromatic carbocycles. The van der Waals surface area contributed by atoms with Crippen LogP contribution in [0.2, 0.25) is 5.02 Å². The SMILES string of the molecule is CCC1COc2cc([N+](=O)[O-])c(Cl)cc2O1. The fraction of sp³-hybridized carbons (Fsp3) is 0.400. The molecule has 0 radical (unpaired) electrons. The lowest BCUT2D eigenvalue weighted by atomic mass is 10.2. The van der Waals surface area contributed by atoms with E-state index < -0.39 is 4.92 Å². The van der Waals surface area contributed by atoms with E-state index in [2.05, 4.69) is 0 Å². The highest BCUT2D eigenvalue weighted by Crippen LogP contribution is 2.40. The average Bonchev–Trinajstić information content (AvgIpc) is 2.27. The van der Waals surface area contributed by atoms with E-state index in [1.54, 1.807) is 0 Å². The minimum atomic E-state index is -0.544. The summed E-state index contributed by atoms with van der Waals surface area (Å²) in [7, 11) is 0. The number of nitro groups is 1. The summed E-state index contributed by atoms with van der Waals surface area (Å²) in [5, 5.41) is 10.7. The molecule has 86 valence electrons. The first kappa shape index (κ1) is 11.0. The third kappa shape index (κ3) is 1.90. The predicted octanol–water partition coefficient (Wildman–Crippen LogP) is 2.80. The summed E-state index contributed by atoms with van der Waals surface area (Å²) in [5.41, 5.74) is -0.168. The molecule has 1 heterocycles. The van der Waals surface area contributed by atoms with E-state index in [0.717, 1.165) is 6.42 Å². The van der Waals surface area contributed by atoms with Crippen LogP contribution >= 0.6 is 11.6 Å². The van der Waals surface area contributed by atoms with Gasteiger partial charge in [-0.1, -0.05) is 18.5 Å². The number of benzene rings is 1. The molecule has 0 aromatic heterocycles. The molecule has 2 rings (SSSR count). The molecular formula is C10H10ClNO4. The van der Waals surface area contributed by atoms with Crippen LogP contribution < -0.4 is 9.47 Å². The first-order chi connectivity index (χ1) is 7.61. The molecule has 0 amide bonds. The Balaban J connectivity index is 2.38. The van der Waals surface area contributed by atoms with Gasteiger partial charge in [-0.25, -0.2) is 0 Å². The Labute approximate surface area is 97.1 Å². The lowest BCUT2D eigenvalue weighted by Crippen LogP contribution is -2.28. The van der Waals surface area contributed by atoms with Gasteiger partial charge < -0.3 is 9.47 Å². The molecule has 0 saturated carbocycles. The van der Waals surface area contributed by atoms with Crippen LogP contribution in [0.3, 0.4) is 0 Å². The number of rotatable bonds is 2. The minimum Gasteiger partial charge on any atom is -0.486 e. The van der Waals surface area contributed by atoms with Crippen molar-refractivity contribution >= 4 is 17.3 Å². The molecule has 6 heteroatoms. The van der Waals surface area contributed by atoms with Gasteiger partial charge in [0.05, 0.1) is 11.0 Å². The minimum absolute atomic E-state index is 0.0231. The van der Waals surface area contributed by atoms with Crippen molar-refractivity contribution in [3.63, 3.8) is 0 Å². The van der Waals surface area contributed by atoms with Gasteiger partial charge in [0, 0.05) is 6.07 Å². The van der Waals surface area contributed by atoms with Crippen molar-refractivity contribution < 1.29 is 14.4 Å². The maximum atomic E-state index is 10.7. The van der Waals surface area contributed by atoms with Crippen molar-refractivity contribution in [2.75, 3.05) is 6.61 Å². The lowest BCUT2D eigenvalue weighted by molar-refractivity contribution is -0.384. The Morgan fingerprint density at radius 3 is 2.94 bits per heavy atom. The third-order valence-corrected chi connectivity index (χ3v) is 2.69. The van der Waals surface area contributed by atoms with Crippen LogP contribution in [-0.2, 0) is 0 Å². The van der Waals surface area contributed by atoms with Gasteiger partial charge in [-0.15, -0.1) is 0 Å². The molecule has 0 fully saturated rings. The largest absolute Gasteiger partial charge is 0.486 e. The van der Waals surface area contributed by atoms with E-state index >= 15 is 0 Å². The van der Waals surface area contributed by atoms with Crippen molar-refractivity contribution in [2.45, 2.75) is 19.4 Å². The molecule has 1 atom stereocenters. The molecule has 1 unspecified atom stereocenters. The summed E-state index contributed by atoms with van der Waals surface area (Å²) in [5.74, 6) is 0.842. The van der Waals surface area contributed by atoms with Gasteiger partial charge in [-0.2, -0.15) is 0 Å². The standard InChI is InChI=1S/C10H10ClNO4/c1-2-6-5-15-9-4-8(12(13)14)7(11)3-10(9)16-6/h3-4,6H,2,5H2,1H3.